The monoisotopic (exact) mass is 208 g/mol. The van der Waals surface area contributed by atoms with Crippen LogP contribution in [0.15, 0.2) is 18.2 Å². The van der Waals surface area contributed by atoms with Crippen molar-refractivity contribution in [2.75, 3.05) is 23.3 Å². The summed E-state index contributed by atoms with van der Waals surface area (Å²) in [6, 6.07) is 5.27. The summed E-state index contributed by atoms with van der Waals surface area (Å²) in [7, 11) is 0. The molecule has 3 rings (SSSR count). The second-order valence-electron chi connectivity index (χ2n) is 4.21. The van der Waals surface area contributed by atoms with Crippen LogP contribution in [0, 0.1) is 5.82 Å². The normalized spacial score (nSPS) is 28.3. The SMILES string of the molecule is OC1CC2CNc3cccc(F)c3N2C1. The zero-order chi connectivity index (χ0) is 10.4. The number of nitrogens with zero attached hydrogens (tertiary/aromatic N) is 1. The molecule has 0 radical (unpaired) electrons. The molecular formula is C11H13FN2O. The van der Waals surface area contributed by atoms with Gasteiger partial charge in [-0.3, -0.25) is 0 Å². The van der Waals surface area contributed by atoms with Crippen molar-refractivity contribution < 1.29 is 9.50 Å². The Bertz CT molecular complexity index is 396. The standard InChI is InChI=1S/C11H13FN2O/c12-9-2-1-3-10-11(9)14-6-8(15)4-7(14)5-13-10/h1-3,7-8,13,15H,4-6H2. The number of aliphatic hydroxyl groups is 1. The van der Waals surface area contributed by atoms with Gasteiger partial charge in [0.05, 0.1) is 17.5 Å². The summed E-state index contributed by atoms with van der Waals surface area (Å²) >= 11 is 0. The largest absolute Gasteiger partial charge is 0.391 e. The lowest BCUT2D eigenvalue weighted by Crippen LogP contribution is -2.40. The molecule has 0 spiro atoms. The third-order valence-corrected chi connectivity index (χ3v) is 3.19. The molecule has 0 amide bonds. The molecule has 2 aliphatic rings. The van der Waals surface area contributed by atoms with Crippen LogP contribution in [0.25, 0.3) is 0 Å². The first-order valence-electron chi connectivity index (χ1n) is 5.23. The predicted octanol–water partition coefficient (Wildman–Crippen LogP) is 1.19. The quantitative estimate of drug-likeness (QED) is 0.672. The Morgan fingerprint density at radius 2 is 2.33 bits per heavy atom. The molecule has 2 heterocycles. The molecule has 2 aliphatic heterocycles. The third-order valence-electron chi connectivity index (χ3n) is 3.19. The molecule has 0 aromatic heterocycles. The summed E-state index contributed by atoms with van der Waals surface area (Å²) in [4.78, 5) is 1.98. The van der Waals surface area contributed by atoms with Crippen LogP contribution in [0.4, 0.5) is 15.8 Å². The summed E-state index contributed by atoms with van der Waals surface area (Å²) in [5.74, 6) is -0.209. The highest BCUT2D eigenvalue weighted by molar-refractivity contribution is 5.74. The van der Waals surface area contributed by atoms with E-state index < -0.39 is 0 Å². The minimum Gasteiger partial charge on any atom is -0.391 e. The van der Waals surface area contributed by atoms with E-state index in [9.17, 15) is 9.50 Å². The van der Waals surface area contributed by atoms with Crippen molar-refractivity contribution in [1.82, 2.24) is 0 Å². The summed E-state index contributed by atoms with van der Waals surface area (Å²) < 4.78 is 13.7. The average molecular weight is 208 g/mol. The van der Waals surface area contributed by atoms with Crippen molar-refractivity contribution in [2.45, 2.75) is 18.6 Å². The van der Waals surface area contributed by atoms with Gasteiger partial charge in [-0.05, 0) is 18.6 Å². The van der Waals surface area contributed by atoms with E-state index in [0.717, 1.165) is 18.7 Å². The molecule has 1 saturated heterocycles. The zero-order valence-electron chi connectivity index (χ0n) is 8.28. The topological polar surface area (TPSA) is 35.5 Å². The summed E-state index contributed by atoms with van der Waals surface area (Å²) in [6.45, 7) is 1.33. The minimum atomic E-state index is -0.331. The summed E-state index contributed by atoms with van der Waals surface area (Å²) in [5, 5.41) is 12.8. The van der Waals surface area contributed by atoms with Gasteiger partial charge < -0.3 is 15.3 Å². The van der Waals surface area contributed by atoms with Crippen molar-refractivity contribution in [2.24, 2.45) is 0 Å². The first kappa shape index (κ1) is 8.97. The van der Waals surface area contributed by atoms with Crippen LogP contribution in [0.1, 0.15) is 6.42 Å². The minimum absolute atomic E-state index is 0.209. The number of hydrogen-bond acceptors (Lipinski definition) is 3. The van der Waals surface area contributed by atoms with Crippen molar-refractivity contribution in [1.29, 1.82) is 0 Å². The molecule has 1 aromatic rings. The molecule has 80 valence electrons. The highest BCUT2D eigenvalue weighted by atomic mass is 19.1. The van der Waals surface area contributed by atoms with E-state index in [0.29, 0.717) is 12.2 Å². The molecule has 0 aliphatic carbocycles. The summed E-state index contributed by atoms with van der Waals surface area (Å²) in [5.41, 5.74) is 1.45. The second kappa shape index (κ2) is 3.10. The van der Waals surface area contributed by atoms with Crippen molar-refractivity contribution in [3.05, 3.63) is 24.0 Å². The van der Waals surface area contributed by atoms with Gasteiger partial charge in [0, 0.05) is 19.1 Å². The van der Waals surface area contributed by atoms with Crippen molar-refractivity contribution in [3.63, 3.8) is 0 Å². The fourth-order valence-electron chi connectivity index (χ4n) is 2.54. The molecule has 1 aromatic carbocycles. The maximum atomic E-state index is 13.7. The first-order chi connectivity index (χ1) is 7.25. The Morgan fingerprint density at radius 3 is 3.20 bits per heavy atom. The number of halogens is 1. The Kier molecular flexibility index (Phi) is 1.85. The summed E-state index contributed by atoms with van der Waals surface area (Å²) in [6.07, 6.45) is 0.392. The highest BCUT2D eigenvalue weighted by Gasteiger charge is 2.36. The molecule has 0 saturated carbocycles. The molecule has 0 bridgehead atoms. The van der Waals surface area contributed by atoms with Gasteiger partial charge in [0.25, 0.3) is 0 Å². The van der Waals surface area contributed by atoms with Gasteiger partial charge in [-0.15, -0.1) is 0 Å². The van der Waals surface area contributed by atoms with Gasteiger partial charge in [0.1, 0.15) is 5.82 Å². The molecule has 2 N–H and O–H groups in total. The Balaban J connectivity index is 2.07. The van der Waals surface area contributed by atoms with Gasteiger partial charge in [0.15, 0.2) is 0 Å². The Hall–Kier alpha value is -1.29. The number of aliphatic hydroxyl groups excluding tert-OH is 1. The lowest BCUT2D eigenvalue weighted by atomic mass is 10.1. The number of fused-ring (bicyclic) bond motifs is 3. The van der Waals surface area contributed by atoms with E-state index in [1.54, 1.807) is 6.07 Å². The van der Waals surface area contributed by atoms with Crippen LogP contribution in [0.3, 0.4) is 0 Å². The fourth-order valence-corrected chi connectivity index (χ4v) is 2.54. The van der Waals surface area contributed by atoms with Crippen molar-refractivity contribution >= 4 is 11.4 Å². The number of nitrogens with one attached hydrogen (secondary N) is 1. The van der Waals surface area contributed by atoms with E-state index >= 15 is 0 Å². The van der Waals surface area contributed by atoms with Crippen LogP contribution < -0.4 is 10.2 Å². The number of hydrogen-bond donors (Lipinski definition) is 2. The lowest BCUT2D eigenvalue weighted by molar-refractivity contribution is 0.195. The van der Waals surface area contributed by atoms with Gasteiger partial charge >= 0.3 is 0 Å². The van der Waals surface area contributed by atoms with Crippen LogP contribution in [-0.4, -0.2) is 30.3 Å². The average Bonchev–Trinajstić information content (AvgIpc) is 2.58. The van der Waals surface area contributed by atoms with Crippen LogP contribution in [0.5, 0.6) is 0 Å². The fraction of sp³-hybridized carbons (Fsp3) is 0.455. The van der Waals surface area contributed by atoms with E-state index in [1.165, 1.54) is 6.07 Å². The zero-order valence-corrected chi connectivity index (χ0v) is 8.28. The molecule has 4 heteroatoms. The van der Waals surface area contributed by atoms with E-state index in [1.807, 2.05) is 11.0 Å². The Morgan fingerprint density at radius 1 is 1.47 bits per heavy atom. The van der Waals surface area contributed by atoms with Crippen molar-refractivity contribution in [3.8, 4) is 0 Å². The Labute approximate surface area is 87.5 Å². The molecule has 3 nitrogen and oxygen atoms in total. The van der Waals surface area contributed by atoms with E-state index in [4.69, 9.17) is 0 Å². The number of benzene rings is 1. The molecule has 2 unspecified atom stereocenters. The van der Waals surface area contributed by atoms with Crippen LogP contribution in [0.2, 0.25) is 0 Å². The highest BCUT2D eigenvalue weighted by Crippen LogP contribution is 2.37. The van der Waals surface area contributed by atoms with Gasteiger partial charge in [-0.25, -0.2) is 4.39 Å². The third kappa shape index (κ3) is 1.28. The lowest BCUT2D eigenvalue weighted by Gasteiger charge is -2.34. The number of anilines is 2. The molecular weight excluding hydrogens is 195 g/mol. The second-order valence-corrected chi connectivity index (χ2v) is 4.21. The van der Waals surface area contributed by atoms with Crippen LogP contribution >= 0.6 is 0 Å². The van der Waals surface area contributed by atoms with Gasteiger partial charge in [-0.1, -0.05) is 6.07 Å². The molecule has 15 heavy (non-hydrogen) atoms. The number of rotatable bonds is 0. The maximum absolute atomic E-state index is 13.7. The predicted molar refractivity (Wildman–Crippen MR) is 56.6 cm³/mol. The van der Waals surface area contributed by atoms with Crippen LogP contribution in [-0.2, 0) is 0 Å². The van der Waals surface area contributed by atoms with E-state index in [-0.39, 0.29) is 18.0 Å². The van der Waals surface area contributed by atoms with E-state index in [2.05, 4.69) is 5.32 Å². The maximum Gasteiger partial charge on any atom is 0.148 e. The smallest absolute Gasteiger partial charge is 0.148 e. The molecule has 2 atom stereocenters. The molecule has 1 fully saturated rings. The number of para-hydroxylation sites is 1. The van der Waals surface area contributed by atoms with Gasteiger partial charge in [0.2, 0.25) is 0 Å². The first-order valence-corrected chi connectivity index (χ1v) is 5.23. The van der Waals surface area contributed by atoms with Gasteiger partial charge in [-0.2, -0.15) is 0 Å².